The molecule has 6 saturated heterocycles. The molecule has 21 heteroatoms. The maximum atomic E-state index is 12.8. The van der Waals surface area contributed by atoms with Crippen LogP contribution < -0.4 is 46.1 Å². The van der Waals surface area contributed by atoms with E-state index in [4.69, 9.17) is 42.6 Å². The highest BCUT2D eigenvalue weighted by atomic mass is 16.6. The van der Waals surface area contributed by atoms with Crippen molar-refractivity contribution in [2.75, 3.05) is 52.9 Å². The largest absolute Gasteiger partial charge is 0.494 e. The standard InChI is InChI=1S/C28H52N2O4.C26H48N2O4.C26H35NO3.C25H33NO4/c1-10-20(34-24(32)22-19-26(4,5)30-28(22,8)9)16-14-12-11-13-15-17-33-23(31)21-18-25(2,3)29-27(21,6)7;1-23(2)17-19(25(5,6)27-23)21(29)31-15-13-11-9-10-12-14-16-32-22(30)20-18-24(3,4)28-26(20,7)8;1-6-7-19-8-10-20(11-9-19)21-12-14-22(15-13-21)29-16-17-30-24(28)23-18-25(2,3)27-26(23,4)5;1-6-28-20-11-7-18(8-12-20)19-9-13-21(14-10-19)29-15-16-30-23(27)22-17-24(2,3)26-25(22,4)5/h20-22,29-30H,10-19H2,1-9H3;19-20,27-28H,9-18H2,1-8H3;8-15,23,27H,6-7,16-18H2,1-5H3;7-14,22,26H,6,15-17H2,1-5H3. The van der Waals surface area contributed by atoms with E-state index < -0.39 is 0 Å². The lowest BCUT2D eigenvalue weighted by Gasteiger charge is -2.28. The van der Waals surface area contributed by atoms with E-state index in [-0.39, 0.29) is 157 Å². The molecule has 0 spiro atoms. The van der Waals surface area contributed by atoms with Gasteiger partial charge >= 0.3 is 35.8 Å². The van der Waals surface area contributed by atoms with Gasteiger partial charge in [-0.1, -0.05) is 126 Å². The Hall–Kier alpha value is -7.14. The lowest BCUT2D eigenvalue weighted by atomic mass is 9.87. The predicted octanol–water partition coefficient (Wildman–Crippen LogP) is 20.5. The molecule has 0 aromatic heterocycles. The van der Waals surface area contributed by atoms with Crippen molar-refractivity contribution in [3.8, 4) is 39.5 Å². The number of hydrogen-bond donors (Lipinski definition) is 6. The number of aryl methyl sites for hydroxylation is 1. The summed E-state index contributed by atoms with van der Waals surface area (Å²) in [6, 6.07) is 32.7. The Bertz CT molecular complexity index is 3870. The molecule has 0 radical (unpaired) electrons. The Morgan fingerprint density at radius 2 is 0.516 bits per heavy atom. The molecule has 708 valence electrons. The Kier molecular flexibility index (Phi) is 38.3. The summed E-state index contributed by atoms with van der Waals surface area (Å²) in [5, 5.41) is 21.2. The van der Waals surface area contributed by atoms with Crippen LogP contribution >= 0.6 is 0 Å². The highest BCUT2D eigenvalue weighted by molar-refractivity contribution is 5.78. The monoisotopic (exact) mass is 1750 g/mol. The van der Waals surface area contributed by atoms with Crippen LogP contribution in [0.15, 0.2) is 97.1 Å². The number of esters is 6. The average molecular weight is 1750 g/mol. The van der Waals surface area contributed by atoms with Crippen molar-refractivity contribution < 1.29 is 71.4 Å². The fourth-order valence-corrected chi connectivity index (χ4v) is 20.6. The molecule has 0 bridgehead atoms. The fraction of sp³-hybridized carbons (Fsp3) is 0.714. The molecule has 6 N–H and O–H groups in total. The van der Waals surface area contributed by atoms with Crippen LogP contribution in [-0.4, -0.2) is 161 Å². The molecule has 6 aliphatic heterocycles. The summed E-state index contributed by atoms with van der Waals surface area (Å²) in [6.45, 7) is 60.1. The van der Waals surface area contributed by atoms with Crippen LogP contribution in [0, 0.1) is 35.5 Å². The summed E-state index contributed by atoms with van der Waals surface area (Å²) in [7, 11) is 0. The SMILES string of the molecule is CC1(C)CC(C(=O)OCCCCCCCCOC(=O)C2CC(C)(C)NC2(C)C)C(C)(C)N1.CCC(CCCCCCCOC(=O)C1CC(C)(C)NC1(C)C)OC(=O)C1CC(C)(C)NC1(C)C.CCCc1ccc(-c2ccc(OCCOC(=O)C3CC(C)(C)NC3(C)C)cc2)cc1.CCOc1ccc(-c2ccc(OCCOC(=O)C3CC(C)(C)NC3(C)C)cc2)cc1. The number of ether oxygens (including phenoxy) is 9. The third-order valence-electron chi connectivity index (χ3n) is 26.1. The molecule has 4 aromatic carbocycles. The summed E-state index contributed by atoms with van der Waals surface area (Å²) in [5.41, 5.74) is 4.31. The Morgan fingerprint density at radius 1 is 0.286 bits per heavy atom. The second kappa shape index (κ2) is 45.6. The maximum absolute atomic E-state index is 12.8. The minimum absolute atomic E-state index is 0.000549. The number of benzene rings is 4. The van der Waals surface area contributed by atoms with Gasteiger partial charge in [0.25, 0.3) is 0 Å². The minimum atomic E-state index is -0.266. The number of carbonyl (C=O) groups excluding carboxylic acids is 6. The van der Waals surface area contributed by atoms with Gasteiger partial charge in [-0.25, -0.2) is 0 Å². The molecular formula is C105H168N6O15. The Morgan fingerprint density at radius 3 is 0.754 bits per heavy atom. The molecule has 0 saturated carbocycles. The normalized spacial score (nSPS) is 23.5. The van der Waals surface area contributed by atoms with Crippen LogP contribution in [0.1, 0.15) is 321 Å². The summed E-state index contributed by atoms with van der Waals surface area (Å²) < 4.78 is 50.6. The molecular weight excluding hydrogens is 1590 g/mol. The molecule has 0 amide bonds. The second-order valence-corrected chi connectivity index (χ2v) is 44.1. The van der Waals surface area contributed by atoms with Crippen LogP contribution in [-0.2, 0) is 63.6 Å². The van der Waals surface area contributed by atoms with E-state index in [1.54, 1.807) is 0 Å². The van der Waals surface area contributed by atoms with Crippen LogP contribution in [0.2, 0.25) is 0 Å². The van der Waals surface area contributed by atoms with Gasteiger partial charge in [-0.3, -0.25) is 28.8 Å². The molecule has 21 nitrogen and oxygen atoms in total. The average Bonchev–Trinajstić information content (AvgIpc) is 1.66. The molecule has 126 heavy (non-hydrogen) atoms. The second-order valence-electron chi connectivity index (χ2n) is 44.1. The third kappa shape index (κ3) is 33.4. The lowest BCUT2D eigenvalue weighted by molar-refractivity contribution is -0.156. The van der Waals surface area contributed by atoms with E-state index in [0.717, 1.165) is 169 Å². The van der Waals surface area contributed by atoms with Gasteiger partial charge in [0.15, 0.2) is 0 Å². The van der Waals surface area contributed by atoms with E-state index in [2.05, 4.69) is 248 Å². The summed E-state index contributed by atoms with van der Waals surface area (Å²) in [5.74, 6) is 1.17. The summed E-state index contributed by atoms with van der Waals surface area (Å²) in [6.07, 6.45) is 20.2. The summed E-state index contributed by atoms with van der Waals surface area (Å²) >= 11 is 0. The number of hydrogen-bond acceptors (Lipinski definition) is 21. The molecule has 0 aliphatic carbocycles. The molecule has 6 aliphatic rings. The third-order valence-corrected chi connectivity index (χ3v) is 26.1. The fourth-order valence-electron chi connectivity index (χ4n) is 20.6. The van der Waals surface area contributed by atoms with Crippen molar-refractivity contribution in [2.24, 2.45) is 35.5 Å². The van der Waals surface area contributed by atoms with E-state index in [9.17, 15) is 28.8 Å². The van der Waals surface area contributed by atoms with Crippen molar-refractivity contribution >= 4 is 35.8 Å². The van der Waals surface area contributed by atoms with Crippen molar-refractivity contribution in [3.63, 3.8) is 0 Å². The summed E-state index contributed by atoms with van der Waals surface area (Å²) in [4.78, 5) is 75.3. The van der Waals surface area contributed by atoms with Crippen LogP contribution in [0.25, 0.3) is 22.3 Å². The van der Waals surface area contributed by atoms with Gasteiger partial charge in [0.05, 0.1) is 61.9 Å². The quantitative estimate of drug-likeness (QED) is 0.0138. The highest BCUT2D eigenvalue weighted by Crippen LogP contribution is 2.43. The first kappa shape index (κ1) is 106. The van der Waals surface area contributed by atoms with E-state index >= 15 is 0 Å². The zero-order chi connectivity index (χ0) is 93.6. The predicted molar refractivity (Wildman–Crippen MR) is 507 cm³/mol. The van der Waals surface area contributed by atoms with Gasteiger partial charge in [0.1, 0.15) is 49.8 Å². The highest BCUT2D eigenvalue weighted by Gasteiger charge is 2.54. The molecule has 6 heterocycles. The Labute approximate surface area is 759 Å². The first-order chi connectivity index (χ1) is 58.6. The number of carbonyl (C=O) groups is 6. The number of rotatable bonds is 39. The molecule has 7 atom stereocenters. The Balaban J connectivity index is 0.000000231. The zero-order valence-electron chi connectivity index (χ0n) is 82.9. The van der Waals surface area contributed by atoms with Crippen LogP contribution in [0.5, 0.6) is 17.2 Å². The smallest absolute Gasteiger partial charge is 0.311 e. The van der Waals surface area contributed by atoms with Gasteiger partial charge < -0.3 is 74.5 Å². The van der Waals surface area contributed by atoms with Crippen molar-refractivity contribution in [1.29, 1.82) is 0 Å². The van der Waals surface area contributed by atoms with Gasteiger partial charge in [0.2, 0.25) is 0 Å². The van der Waals surface area contributed by atoms with Crippen LogP contribution in [0.3, 0.4) is 0 Å². The molecule has 10 rings (SSSR count). The van der Waals surface area contributed by atoms with Gasteiger partial charge in [0, 0.05) is 66.5 Å². The zero-order valence-corrected chi connectivity index (χ0v) is 82.9. The van der Waals surface area contributed by atoms with E-state index in [1.165, 1.54) is 11.1 Å². The molecule has 7 unspecified atom stereocenters. The first-order valence-electron chi connectivity index (χ1n) is 47.7. The first-order valence-corrected chi connectivity index (χ1v) is 47.7. The van der Waals surface area contributed by atoms with Crippen molar-refractivity contribution in [2.45, 2.75) is 394 Å². The van der Waals surface area contributed by atoms with E-state index in [0.29, 0.717) is 39.6 Å². The van der Waals surface area contributed by atoms with Crippen molar-refractivity contribution in [3.05, 3.63) is 103 Å². The van der Waals surface area contributed by atoms with Gasteiger partial charge in [-0.15, -0.1) is 0 Å². The van der Waals surface area contributed by atoms with E-state index in [1.807, 2.05) is 67.6 Å². The minimum Gasteiger partial charge on any atom is -0.494 e. The maximum Gasteiger partial charge on any atom is 0.311 e. The van der Waals surface area contributed by atoms with Gasteiger partial charge in [-0.2, -0.15) is 0 Å². The topological polar surface area (TPSA) is 258 Å². The van der Waals surface area contributed by atoms with Crippen LogP contribution in [0.4, 0.5) is 0 Å². The molecule has 4 aromatic rings. The lowest BCUT2D eigenvalue weighted by Crippen LogP contribution is -2.47. The molecule has 6 fully saturated rings. The number of nitrogens with one attached hydrogen (secondary N) is 6. The number of unbranched alkanes of at least 4 members (excludes halogenated alkanes) is 9. The van der Waals surface area contributed by atoms with Crippen molar-refractivity contribution in [1.82, 2.24) is 31.9 Å². The van der Waals surface area contributed by atoms with Gasteiger partial charge in [-0.05, 0) is 321 Å².